The Bertz CT molecular complexity index is 900. The van der Waals surface area contributed by atoms with Crippen LogP contribution in [0.1, 0.15) is 12.0 Å². The van der Waals surface area contributed by atoms with Crippen molar-refractivity contribution in [3.05, 3.63) is 54.1 Å². The minimum Gasteiger partial charge on any atom is -0.508 e. The first-order valence-corrected chi connectivity index (χ1v) is 7.72. The molecular weight excluding hydrogens is 304 g/mol. The van der Waals surface area contributed by atoms with Crippen LogP contribution in [0.15, 0.2) is 48.5 Å². The maximum absolute atomic E-state index is 11.4. The molecule has 6 heteroatoms. The number of H-pyrrole nitrogens is 1. The first kappa shape index (κ1) is 14.3. The van der Waals surface area contributed by atoms with Crippen LogP contribution in [0.4, 0.5) is 17.2 Å². The molecule has 0 fully saturated rings. The van der Waals surface area contributed by atoms with E-state index in [-0.39, 0.29) is 11.7 Å². The molecule has 0 saturated heterocycles. The van der Waals surface area contributed by atoms with Gasteiger partial charge in [0.15, 0.2) is 5.82 Å². The summed E-state index contributed by atoms with van der Waals surface area (Å²) in [6.07, 6.45) is 1.26. The molecule has 1 aliphatic rings. The highest BCUT2D eigenvalue weighted by atomic mass is 16.3. The molecule has 4 rings (SSSR count). The number of nitrogens with one attached hydrogen (secondary N) is 3. The van der Waals surface area contributed by atoms with Crippen LogP contribution >= 0.6 is 0 Å². The van der Waals surface area contributed by atoms with Crippen molar-refractivity contribution in [1.29, 1.82) is 0 Å². The number of rotatable bonds is 3. The second-order valence-electron chi connectivity index (χ2n) is 5.76. The van der Waals surface area contributed by atoms with E-state index in [1.165, 1.54) is 0 Å². The zero-order chi connectivity index (χ0) is 16.5. The van der Waals surface area contributed by atoms with Gasteiger partial charge in [-0.1, -0.05) is 0 Å². The Morgan fingerprint density at radius 2 is 1.88 bits per heavy atom. The molecule has 1 aliphatic heterocycles. The number of carbonyl (C=O) groups is 1. The highest BCUT2D eigenvalue weighted by Crippen LogP contribution is 2.28. The van der Waals surface area contributed by atoms with E-state index in [4.69, 9.17) is 0 Å². The average Bonchev–Trinajstić information content (AvgIpc) is 3.04. The Morgan fingerprint density at radius 1 is 1.04 bits per heavy atom. The first-order valence-electron chi connectivity index (χ1n) is 7.72. The lowest BCUT2D eigenvalue weighted by molar-refractivity contribution is -0.116. The number of fused-ring (bicyclic) bond motifs is 1. The van der Waals surface area contributed by atoms with E-state index in [2.05, 4.69) is 20.8 Å². The van der Waals surface area contributed by atoms with Gasteiger partial charge in [0.2, 0.25) is 5.91 Å². The van der Waals surface area contributed by atoms with Gasteiger partial charge in [0.1, 0.15) is 5.75 Å². The third-order valence-electron chi connectivity index (χ3n) is 4.03. The van der Waals surface area contributed by atoms with Crippen molar-refractivity contribution >= 4 is 23.1 Å². The van der Waals surface area contributed by atoms with Crippen LogP contribution in [0.25, 0.3) is 11.3 Å². The number of hydrogen-bond donors (Lipinski definition) is 4. The van der Waals surface area contributed by atoms with Gasteiger partial charge in [-0.2, -0.15) is 5.10 Å². The molecule has 0 atom stereocenters. The predicted molar refractivity (Wildman–Crippen MR) is 92.4 cm³/mol. The molecule has 1 amide bonds. The van der Waals surface area contributed by atoms with Crippen LogP contribution in [-0.4, -0.2) is 21.2 Å². The second-order valence-corrected chi connectivity index (χ2v) is 5.76. The molecule has 3 aromatic rings. The number of carbonyl (C=O) groups excluding carboxylic acids is 1. The van der Waals surface area contributed by atoms with Crippen molar-refractivity contribution in [1.82, 2.24) is 10.2 Å². The lowest BCUT2D eigenvalue weighted by Crippen LogP contribution is -2.18. The van der Waals surface area contributed by atoms with Gasteiger partial charge >= 0.3 is 0 Å². The zero-order valence-corrected chi connectivity index (χ0v) is 12.8. The molecular formula is C18H16N4O2. The Hall–Kier alpha value is -3.28. The van der Waals surface area contributed by atoms with Crippen LogP contribution in [0.3, 0.4) is 0 Å². The largest absolute Gasteiger partial charge is 0.508 e. The number of nitrogens with zero attached hydrogens (tertiary/aromatic N) is 1. The standard InChI is InChI=1S/C18H16N4O2/c23-14-5-1-11(2-6-14)16-10-17(22-21-16)19-13-4-7-15-12(9-13)3-8-18(24)20-15/h1-2,4-7,9-10,23H,3,8H2,(H,20,24)(H2,19,21,22). The van der Waals surface area contributed by atoms with E-state index in [9.17, 15) is 9.90 Å². The average molecular weight is 320 g/mol. The third kappa shape index (κ3) is 2.81. The number of phenolic OH excluding ortho intramolecular Hbond substituents is 1. The molecule has 2 aromatic carbocycles. The molecule has 120 valence electrons. The number of aromatic amines is 1. The monoisotopic (exact) mass is 320 g/mol. The normalized spacial score (nSPS) is 13.2. The highest BCUT2D eigenvalue weighted by Gasteiger charge is 2.15. The van der Waals surface area contributed by atoms with E-state index in [0.717, 1.165) is 34.6 Å². The van der Waals surface area contributed by atoms with Crippen molar-refractivity contribution in [2.75, 3.05) is 10.6 Å². The second kappa shape index (κ2) is 5.73. The van der Waals surface area contributed by atoms with Crippen LogP contribution in [0.2, 0.25) is 0 Å². The van der Waals surface area contributed by atoms with Crippen molar-refractivity contribution in [3.8, 4) is 17.0 Å². The number of anilines is 3. The highest BCUT2D eigenvalue weighted by molar-refractivity contribution is 5.94. The summed E-state index contributed by atoms with van der Waals surface area (Å²) in [4.78, 5) is 11.4. The lowest BCUT2D eigenvalue weighted by atomic mass is 10.0. The van der Waals surface area contributed by atoms with Crippen molar-refractivity contribution in [3.63, 3.8) is 0 Å². The summed E-state index contributed by atoms with van der Waals surface area (Å²) in [6.45, 7) is 0. The summed E-state index contributed by atoms with van der Waals surface area (Å²) in [6, 6.07) is 14.7. The molecule has 0 radical (unpaired) electrons. The van der Waals surface area contributed by atoms with Gasteiger partial charge in [-0.15, -0.1) is 0 Å². The van der Waals surface area contributed by atoms with E-state index in [0.29, 0.717) is 12.2 Å². The molecule has 24 heavy (non-hydrogen) atoms. The minimum absolute atomic E-state index is 0.0639. The molecule has 1 aromatic heterocycles. The molecule has 0 spiro atoms. The van der Waals surface area contributed by atoms with Crippen LogP contribution in [0.5, 0.6) is 5.75 Å². The fourth-order valence-electron chi connectivity index (χ4n) is 2.78. The molecule has 0 saturated carbocycles. The molecule has 2 heterocycles. The maximum atomic E-state index is 11.4. The molecule has 0 bridgehead atoms. The number of aromatic nitrogens is 2. The summed E-state index contributed by atoms with van der Waals surface area (Å²) in [5.41, 5.74) is 4.73. The molecule has 6 nitrogen and oxygen atoms in total. The summed E-state index contributed by atoms with van der Waals surface area (Å²) < 4.78 is 0. The van der Waals surface area contributed by atoms with E-state index < -0.39 is 0 Å². The van der Waals surface area contributed by atoms with Gasteiger partial charge in [-0.3, -0.25) is 9.89 Å². The number of aromatic hydroxyl groups is 1. The number of aryl methyl sites for hydroxylation is 1. The quantitative estimate of drug-likeness (QED) is 0.595. The molecule has 0 unspecified atom stereocenters. The van der Waals surface area contributed by atoms with Gasteiger partial charge < -0.3 is 15.7 Å². The first-order chi connectivity index (χ1) is 11.7. The van der Waals surface area contributed by atoms with Gasteiger partial charge in [-0.25, -0.2) is 0 Å². The lowest BCUT2D eigenvalue weighted by Gasteiger charge is -2.17. The number of phenols is 1. The fourth-order valence-corrected chi connectivity index (χ4v) is 2.78. The topological polar surface area (TPSA) is 90.0 Å². The number of amides is 1. The third-order valence-corrected chi connectivity index (χ3v) is 4.03. The van der Waals surface area contributed by atoms with Crippen LogP contribution in [0, 0.1) is 0 Å². The zero-order valence-electron chi connectivity index (χ0n) is 12.8. The summed E-state index contributed by atoms with van der Waals surface area (Å²) in [5.74, 6) is 1.00. The predicted octanol–water partition coefficient (Wildman–Crippen LogP) is 3.41. The maximum Gasteiger partial charge on any atom is 0.224 e. The summed E-state index contributed by atoms with van der Waals surface area (Å²) in [5, 5.41) is 22.7. The fraction of sp³-hybridized carbons (Fsp3) is 0.111. The van der Waals surface area contributed by atoms with Crippen LogP contribution < -0.4 is 10.6 Å². The minimum atomic E-state index is 0.0639. The van der Waals surface area contributed by atoms with Crippen molar-refractivity contribution in [2.24, 2.45) is 0 Å². The number of hydrogen-bond acceptors (Lipinski definition) is 4. The Morgan fingerprint density at radius 3 is 2.71 bits per heavy atom. The summed E-state index contributed by atoms with van der Waals surface area (Å²) in [7, 11) is 0. The van der Waals surface area contributed by atoms with Gasteiger partial charge in [-0.05, 0) is 60.0 Å². The van der Waals surface area contributed by atoms with Crippen molar-refractivity contribution < 1.29 is 9.90 Å². The van der Waals surface area contributed by atoms with E-state index in [1.807, 2.05) is 36.4 Å². The molecule has 4 N–H and O–H groups in total. The van der Waals surface area contributed by atoms with Gasteiger partial charge in [0, 0.05) is 23.9 Å². The Kier molecular flexibility index (Phi) is 3.42. The summed E-state index contributed by atoms with van der Waals surface area (Å²) >= 11 is 0. The van der Waals surface area contributed by atoms with E-state index >= 15 is 0 Å². The van der Waals surface area contributed by atoms with Gasteiger partial charge in [0.05, 0.1) is 5.69 Å². The van der Waals surface area contributed by atoms with Gasteiger partial charge in [0.25, 0.3) is 0 Å². The molecule has 0 aliphatic carbocycles. The smallest absolute Gasteiger partial charge is 0.224 e. The van der Waals surface area contributed by atoms with Crippen LogP contribution in [-0.2, 0) is 11.2 Å². The van der Waals surface area contributed by atoms with Crippen molar-refractivity contribution in [2.45, 2.75) is 12.8 Å². The Balaban J connectivity index is 1.54. The van der Waals surface area contributed by atoms with E-state index in [1.54, 1.807) is 12.1 Å². The number of benzene rings is 2. The SMILES string of the molecule is O=C1CCc2cc(Nc3cc(-c4ccc(O)cc4)[nH]n3)ccc2N1. The Labute approximate surface area is 138 Å².